The lowest BCUT2D eigenvalue weighted by atomic mass is 10.1. The summed E-state index contributed by atoms with van der Waals surface area (Å²) < 4.78 is 48.8. The van der Waals surface area contributed by atoms with Crippen LogP contribution in [0, 0.1) is 0 Å². The molecule has 1 unspecified atom stereocenters. The smallest absolute Gasteiger partial charge is 0.496 e. The number of rotatable bonds is 7. The third-order valence-corrected chi connectivity index (χ3v) is 5.88. The van der Waals surface area contributed by atoms with Gasteiger partial charge in [-0.15, -0.1) is 13.2 Å². The number of carbonyl (C=O) groups is 1. The molecule has 2 aromatic carbocycles. The van der Waals surface area contributed by atoms with Crippen LogP contribution in [-0.4, -0.2) is 28.9 Å². The van der Waals surface area contributed by atoms with E-state index in [2.05, 4.69) is 37.2 Å². The summed E-state index contributed by atoms with van der Waals surface area (Å²) in [6, 6.07) is 14.5. The van der Waals surface area contributed by atoms with E-state index < -0.39 is 18.0 Å². The number of nitrogens with zero attached hydrogens (tertiary/aromatic N) is 2. The summed E-state index contributed by atoms with van der Waals surface area (Å²) >= 11 is 2.19. The SMILES string of the molecule is COc1ccccc1-c1cc(CNC(=O)c2ccccc2OC(F)(F)F)nn1PI. The van der Waals surface area contributed by atoms with E-state index in [4.69, 9.17) is 4.74 Å². The molecular weight excluding hydrogens is 533 g/mol. The lowest BCUT2D eigenvalue weighted by molar-refractivity contribution is -0.274. The first kappa shape index (κ1) is 22.4. The average molecular weight is 549 g/mol. The highest BCUT2D eigenvalue weighted by molar-refractivity contribution is 14.2. The number of hydrogen-bond acceptors (Lipinski definition) is 4. The summed E-state index contributed by atoms with van der Waals surface area (Å²) in [6.07, 6.45) is -4.59. The van der Waals surface area contributed by atoms with Gasteiger partial charge >= 0.3 is 6.36 Å². The molecule has 11 heteroatoms. The Hall–Kier alpha value is -2.33. The quantitative estimate of drug-likeness (QED) is 0.326. The van der Waals surface area contributed by atoms with Gasteiger partial charge in [-0.1, -0.05) is 24.3 Å². The number of methoxy groups -OCH3 is 1. The van der Waals surface area contributed by atoms with E-state index >= 15 is 0 Å². The highest BCUT2D eigenvalue weighted by Crippen LogP contribution is 2.36. The van der Waals surface area contributed by atoms with Crippen molar-refractivity contribution < 1.29 is 27.4 Å². The first-order valence-corrected chi connectivity index (χ1v) is 12.6. The zero-order valence-electron chi connectivity index (χ0n) is 15.5. The van der Waals surface area contributed by atoms with E-state index in [-0.39, 0.29) is 12.1 Å². The molecule has 1 heterocycles. The normalized spacial score (nSPS) is 11.6. The number of aromatic nitrogens is 2. The Kier molecular flexibility index (Phi) is 7.19. The summed E-state index contributed by atoms with van der Waals surface area (Å²) in [6.45, 7) is 0.0372. The van der Waals surface area contributed by atoms with Gasteiger partial charge in [0.1, 0.15) is 11.5 Å². The van der Waals surface area contributed by atoms with Crippen LogP contribution in [-0.2, 0) is 6.54 Å². The number of amides is 1. The average Bonchev–Trinajstić information content (AvgIpc) is 3.14. The lowest BCUT2D eigenvalue weighted by Crippen LogP contribution is -2.25. The lowest BCUT2D eigenvalue weighted by Gasteiger charge is -2.12. The third-order valence-electron chi connectivity index (χ3n) is 4.01. The number of carbonyl (C=O) groups excluding carboxylic acids is 1. The van der Waals surface area contributed by atoms with Gasteiger partial charge in [0, 0.05) is 5.56 Å². The van der Waals surface area contributed by atoms with Crippen molar-refractivity contribution in [3.8, 4) is 22.8 Å². The van der Waals surface area contributed by atoms with Gasteiger partial charge in [-0.25, -0.2) is 4.45 Å². The molecule has 0 aliphatic carbocycles. The molecule has 30 heavy (non-hydrogen) atoms. The fourth-order valence-corrected chi connectivity index (χ4v) is 4.31. The van der Waals surface area contributed by atoms with Crippen LogP contribution < -0.4 is 14.8 Å². The molecule has 0 saturated carbocycles. The van der Waals surface area contributed by atoms with Crippen LogP contribution in [0.2, 0.25) is 0 Å². The third kappa shape index (κ3) is 5.42. The maximum absolute atomic E-state index is 12.6. The second-order valence-electron chi connectivity index (χ2n) is 5.94. The summed E-state index contributed by atoms with van der Waals surface area (Å²) in [4.78, 5) is 12.4. The fraction of sp³-hybridized carbons (Fsp3) is 0.158. The van der Waals surface area contributed by atoms with Gasteiger partial charge in [-0.3, -0.25) is 4.79 Å². The van der Waals surface area contributed by atoms with E-state index in [9.17, 15) is 18.0 Å². The minimum atomic E-state index is -4.89. The highest BCUT2D eigenvalue weighted by atomic mass is 127. The van der Waals surface area contributed by atoms with Crippen LogP contribution in [0.15, 0.2) is 54.6 Å². The molecule has 158 valence electrons. The second kappa shape index (κ2) is 9.65. The highest BCUT2D eigenvalue weighted by Gasteiger charge is 2.32. The Balaban J connectivity index is 1.79. The van der Waals surface area contributed by atoms with Crippen LogP contribution in [0.25, 0.3) is 11.3 Å². The number of para-hydroxylation sites is 2. The van der Waals surface area contributed by atoms with Crippen molar-refractivity contribution in [3.63, 3.8) is 0 Å². The minimum Gasteiger partial charge on any atom is -0.496 e. The number of hydrogen-bond donors (Lipinski definition) is 1. The fourth-order valence-electron chi connectivity index (χ4n) is 2.76. The Morgan fingerprint density at radius 1 is 1.17 bits per heavy atom. The van der Waals surface area contributed by atoms with Gasteiger partial charge in [0.2, 0.25) is 0 Å². The van der Waals surface area contributed by atoms with E-state index in [1.54, 1.807) is 11.6 Å². The Labute approximate surface area is 185 Å². The summed E-state index contributed by atoms with van der Waals surface area (Å²) in [5, 5.41) is 7.06. The molecule has 6 nitrogen and oxygen atoms in total. The van der Waals surface area contributed by atoms with Crippen molar-refractivity contribution in [3.05, 3.63) is 65.9 Å². The second-order valence-corrected chi connectivity index (χ2v) is 7.98. The Morgan fingerprint density at radius 3 is 2.50 bits per heavy atom. The molecule has 1 aromatic heterocycles. The van der Waals surface area contributed by atoms with Gasteiger partial charge in [0.15, 0.2) is 0 Å². The van der Waals surface area contributed by atoms with E-state index in [1.807, 2.05) is 30.3 Å². The predicted octanol–water partition coefficient (Wildman–Crippen LogP) is 5.18. The van der Waals surface area contributed by atoms with Gasteiger partial charge < -0.3 is 14.8 Å². The summed E-state index contributed by atoms with van der Waals surface area (Å²) in [7, 11) is 1.58. The minimum absolute atomic E-state index is 0.0372. The molecule has 0 saturated heterocycles. The first-order valence-electron chi connectivity index (χ1n) is 8.54. The molecule has 0 spiro atoms. The Morgan fingerprint density at radius 2 is 1.83 bits per heavy atom. The van der Waals surface area contributed by atoms with Crippen molar-refractivity contribution in [2.24, 2.45) is 0 Å². The van der Waals surface area contributed by atoms with Crippen LogP contribution in [0.4, 0.5) is 13.2 Å². The summed E-state index contributed by atoms with van der Waals surface area (Å²) in [5.41, 5.74) is 2.00. The van der Waals surface area contributed by atoms with Crippen molar-refractivity contribution in [1.82, 2.24) is 14.9 Å². The van der Waals surface area contributed by atoms with Gasteiger partial charge in [0.05, 0.1) is 37.0 Å². The number of nitrogens with one attached hydrogen (secondary N) is 1. The number of alkyl halides is 3. The topological polar surface area (TPSA) is 65.4 Å². The molecule has 3 rings (SSSR count). The predicted molar refractivity (Wildman–Crippen MR) is 116 cm³/mol. The number of halogens is 4. The van der Waals surface area contributed by atoms with Crippen LogP contribution in [0.3, 0.4) is 0 Å². The van der Waals surface area contributed by atoms with E-state index in [0.29, 0.717) is 17.8 Å². The zero-order chi connectivity index (χ0) is 21.7. The van der Waals surface area contributed by atoms with Crippen LogP contribution >= 0.6 is 28.4 Å². The van der Waals surface area contributed by atoms with Crippen molar-refractivity contribution in [2.45, 2.75) is 12.9 Å². The molecule has 0 radical (unpaired) electrons. The molecule has 0 fully saturated rings. The van der Waals surface area contributed by atoms with E-state index in [0.717, 1.165) is 17.3 Å². The summed E-state index contributed by atoms with van der Waals surface area (Å²) in [5.74, 6) is -0.571. The molecule has 0 bridgehead atoms. The molecule has 3 aromatic rings. The van der Waals surface area contributed by atoms with Gasteiger partial charge in [-0.2, -0.15) is 5.10 Å². The van der Waals surface area contributed by atoms with E-state index in [1.165, 1.54) is 18.2 Å². The van der Waals surface area contributed by atoms with Gasteiger partial charge in [-0.05, 0) is 52.4 Å². The first-order chi connectivity index (χ1) is 14.3. The monoisotopic (exact) mass is 549 g/mol. The molecule has 1 amide bonds. The Bertz CT molecular complexity index is 1040. The van der Waals surface area contributed by atoms with Crippen molar-refractivity contribution >= 4 is 34.3 Å². The molecule has 1 N–H and O–H groups in total. The van der Waals surface area contributed by atoms with Crippen LogP contribution in [0.1, 0.15) is 16.1 Å². The maximum Gasteiger partial charge on any atom is 0.573 e. The maximum atomic E-state index is 12.6. The van der Waals surface area contributed by atoms with Crippen molar-refractivity contribution in [1.29, 1.82) is 0 Å². The number of benzene rings is 2. The van der Waals surface area contributed by atoms with Crippen molar-refractivity contribution in [2.75, 3.05) is 7.11 Å². The number of ether oxygens (including phenoxy) is 2. The molecule has 0 aliphatic rings. The molecular formula is C19H16F3IN3O3P. The largest absolute Gasteiger partial charge is 0.573 e. The molecule has 1 atom stereocenters. The molecule has 0 aliphatic heterocycles. The van der Waals surface area contributed by atoms with Crippen LogP contribution in [0.5, 0.6) is 11.5 Å². The van der Waals surface area contributed by atoms with Gasteiger partial charge in [0.25, 0.3) is 5.91 Å². The zero-order valence-corrected chi connectivity index (χ0v) is 18.7. The standard InChI is InChI=1S/C19H16F3IN3O3P/c1-28-16-8-4-2-6-13(16)15-10-12(25-26(15)30-23)11-24-18(27)14-7-3-5-9-17(14)29-19(20,21)22/h2-10,30H,11H2,1H3,(H,24,27).